The fourth-order valence-electron chi connectivity index (χ4n) is 3.45. The van der Waals surface area contributed by atoms with E-state index in [2.05, 4.69) is 16.0 Å². The highest BCUT2D eigenvalue weighted by Crippen LogP contribution is 2.15. The van der Waals surface area contributed by atoms with Crippen LogP contribution in [0.5, 0.6) is 5.75 Å². The molecule has 0 fully saturated rings. The molecule has 0 saturated heterocycles. The fraction of sp³-hybridized carbons (Fsp3) is 0.185. The van der Waals surface area contributed by atoms with Crippen molar-refractivity contribution in [3.05, 3.63) is 95.6 Å². The minimum atomic E-state index is -1.33. The molecule has 0 heterocycles. The number of carbonyl (C=O) groups excluding carboxylic acids is 3. The maximum absolute atomic E-state index is 12.6. The monoisotopic (exact) mass is 489 g/mol. The molecule has 36 heavy (non-hydrogen) atoms. The molecule has 9 heteroatoms. The van der Waals surface area contributed by atoms with Gasteiger partial charge in [-0.2, -0.15) is 0 Å². The zero-order valence-electron chi connectivity index (χ0n) is 19.7. The molecule has 3 aromatic rings. The first-order valence-corrected chi connectivity index (χ1v) is 11.2. The van der Waals surface area contributed by atoms with E-state index in [1.165, 1.54) is 7.11 Å². The van der Waals surface area contributed by atoms with E-state index in [9.17, 15) is 19.2 Å². The summed E-state index contributed by atoms with van der Waals surface area (Å²) in [6.45, 7) is -0.423. The van der Waals surface area contributed by atoms with Crippen molar-refractivity contribution in [2.75, 3.05) is 19.0 Å². The quantitative estimate of drug-likeness (QED) is 0.327. The Bertz CT molecular complexity index is 1210. The fourth-order valence-corrected chi connectivity index (χ4v) is 3.45. The number of nitrogens with one attached hydrogen (secondary N) is 3. The van der Waals surface area contributed by atoms with Crippen LogP contribution in [0, 0.1) is 0 Å². The maximum atomic E-state index is 12.6. The molecule has 3 aromatic carbocycles. The summed E-state index contributed by atoms with van der Waals surface area (Å²) < 4.78 is 5.06. The lowest BCUT2D eigenvalue weighted by Gasteiger charge is -2.17. The van der Waals surface area contributed by atoms with Crippen LogP contribution in [0.3, 0.4) is 0 Å². The Balaban J connectivity index is 1.56. The number of methoxy groups -OCH3 is 1. The molecule has 0 aliphatic heterocycles. The van der Waals surface area contributed by atoms with E-state index in [4.69, 9.17) is 9.84 Å². The predicted octanol–water partition coefficient (Wildman–Crippen LogP) is 2.61. The van der Waals surface area contributed by atoms with Crippen LogP contribution in [0.15, 0.2) is 78.9 Å². The first kappa shape index (κ1) is 26.0. The largest absolute Gasteiger partial charge is 0.497 e. The van der Waals surface area contributed by atoms with Crippen LogP contribution in [0.2, 0.25) is 0 Å². The van der Waals surface area contributed by atoms with E-state index in [0.717, 1.165) is 11.1 Å². The van der Waals surface area contributed by atoms with E-state index in [1.807, 2.05) is 36.4 Å². The Labute approximate surface area is 208 Å². The van der Waals surface area contributed by atoms with Gasteiger partial charge in [-0.15, -0.1) is 0 Å². The molecule has 9 nitrogen and oxygen atoms in total. The third-order valence-corrected chi connectivity index (χ3v) is 5.24. The molecule has 0 aromatic heterocycles. The molecule has 0 bridgehead atoms. The highest BCUT2D eigenvalue weighted by atomic mass is 16.5. The van der Waals surface area contributed by atoms with Crippen molar-refractivity contribution in [2.24, 2.45) is 0 Å². The molecule has 0 spiro atoms. The second-order valence-corrected chi connectivity index (χ2v) is 7.98. The third kappa shape index (κ3) is 7.98. The van der Waals surface area contributed by atoms with Gasteiger partial charge in [0, 0.05) is 11.3 Å². The molecular weight excluding hydrogens is 462 g/mol. The summed E-state index contributed by atoms with van der Waals surface area (Å²) in [7, 11) is 1.51. The molecule has 0 radical (unpaired) electrons. The normalized spacial score (nSPS) is 11.1. The summed E-state index contributed by atoms with van der Waals surface area (Å²) in [5, 5.41) is 16.6. The van der Waals surface area contributed by atoms with Gasteiger partial charge in [0.1, 0.15) is 11.8 Å². The number of carboxylic acid groups (broad SMARTS) is 1. The van der Waals surface area contributed by atoms with Crippen molar-refractivity contribution in [1.29, 1.82) is 0 Å². The van der Waals surface area contributed by atoms with Crippen molar-refractivity contribution in [2.45, 2.75) is 18.9 Å². The lowest BCUT2D eigenvalue weighted by Crippen LogP contribution is -2.48. The van der Waals surface area contributed by atoms with Gasteiger partial charge in [-0.1, -0.05) is 42.5 Å². The van der Waals surface area contributed by atoms with Crippen LogP contribution in [0.25, 0.3) is 0 Å². The Kier molecular flexibility index (Phi) is 9.16. The number of anilines is 1. The van der Waals surface area contributed by atoms with E-state index in [1.54, 1.807) is 42.5 Å². The van der Waals surface area contributed by atoms with Crippen LogP contribution in [0.4, 0.5) is 5.69 Å². The number of benzene rings is 3. The minimum Gasteiger partial charge on any atom is -0.497 e. The molecule has 4 N–H and O–H groups in total. The maximum Gasteiger partial charge on any atom is 0.305 e. The van der Waals surface area contributed by atoms with Gasteiger partial charge in [-0.3, -0.25) is 19.2 Å². The van der Waals surface area contributed by atoms with Gasteiger partial charge >= 0.3 is 5.97 Å². The van der Waals surface area contributed by atoms with Gasteiger partial charge in [-0.05, 0) is 53.9 Å². The molecule has 0 unspecified atom stereocenters. The summed E-state index contributed by atoms with van der Waals surface area (Å²) in [5.41, 5.74) is 2.84. The Morgan fingerprint density at radius 1 is 0.889 bits per heavy atom. The van der Waals surface area contributed by atoms with Crippen LogP contribution in [-0.4, -0.2) is 48.5 Å². The standard InChI is InChI=1S/C27H27N3O6/c1-36-22-12-10-21(11-13-22)29-27(35)23(16-25(32)33)30-24(31)17-28-26(34)20-9-5-8-19(15-20)14-18-6-3-2-4-7-18/h2-13,15,23H,14,16-17H2,1H3,(H,28,34)(H,29,35)(H,30,31)(H,32,33)/t23-/m0/s1. The van der Waals surface area contributed by atoms with Gasteiger partial charge in [0.15, 0.2) is 0 Å². The molecule has 186 valence electrons. The average molecular weight is 490 g/mol. The van der Waals surface area contributed by atoms with Crippen molar-refractivity contribution in [3.63, 3.8) is 0 Å². The number of hydrogen-bond acceptors (Lipinski definition) is 5. The van der Waals surface area contributed by atoms with Crippen molar-refractivity contribution < 1.29 is 29.0 Å². The number of hydrogen-bond donors (Lipinski definition) is 4. The number of carboxylic acids is 1. The summed E-state index contributed by atoms with van der Waals surface area (Å²) in [6.07, 6.45) is 0.0336. The van der Waals surface area contributed by atoms with Crippen molar-refractivity contribution in [3.8, 4) is 5.75 Å². The van der Waals surface area contributed by atoms with E-state index < -0.39 is 42.7 Å². The topological polar surface area (TPSA) is 134 Å². The van der Waals surface area contributed by atoms with E-state index >= 15 is 0 Å². The number of carbonyl (C=O) groups is 4. The molecule has 0 aliphatic rings. The van der Waals surface area contributed by atoms with E-state index in [0.29, 0.717) is 23.4 Å². The van der Waals surface area contributed by atoms with Crippen molar-refractivity contribution >= 4 is 29.4 Å². The van der Waals surface area contributed by atoms with Crippen molar-refractivity contribution in [1.82, 2.24) is 10.6 Å². The van der Waals surface area contributed by atoms with Gasteiger partial charge in [0.25, 0.3) is 5.91 Å². The molecule has 3 rings (SSSR count). The third-order valence-electron chi connectivity index (χ3n) is 5.24. The van der Waals surface area contributed by atoms with Crippen LogP contribution >= 0.6 is 0 Å². The zero-order valence-corrected chi connectivity index (χ0v) is 19.7. The minimum absolute atomic E-state index is 0.385. The first-order valence-electron chi connectivity index (χ1n) is 11.2. The zero-order chi connectivity index (χ0) is 25.9. The van der Waals surface area contributed by atoms with E-state index in [-0.39, 0.29) is 0 Å². The summed E-state index contributed by atoms with van der Waals surface area (Å²) in [6, 6.07) is 22.0. The van der Waals surface area contributed by atoms with Gasteiger partial charge in [-0.25, -0.2) is 0 Å². The molecule has 0 aliphatic carbocycles. The molecule has 0 saturated carbocycles. The highest BCUT2D eigenvalue weighted by Gasteiger charge is 2.24. The predicted molar refractivity (Wildman–Crippen MR) is 134 cm³/mol. The van der Waals surface area contributed by atoms with Gasteiger partial charge < -0.3 is 25.8 Å². The number of ether oxygens (including phenoxy) is 1. The number of rotatable bonds is 11. The number of aliphatic carboxylic acids is 1. The SMILES string of the molecule is COc1ccc(NC(=O)[C@H](CC(=O)O)NC(=O)CNC(=O)c2cccc(Cc3ccccc3)c2)cc1. The average Bonchev–Trinajstić information content (AvgIpc) is 2.88. The second kappa shape index (κ2) is 12.7. The van der Waals surface area contributed by atoms with Gasteiger partial charge in [0.2, 0.25) is 11.8 Å². The lowest BCUT2D eigenvalue weighted by molar-refractivity contribution is -0.139. The Morgan fingerprint density at radius 3 is 2.25 bits per heavy atom. The second-order valence-electron chi connectivity index (χ2n) is 7.98. The highest BCUT2D eigenvalue weighted by molar-refractivity contribution is 6.00. The summed E-state index contributed by atoms with van der Waals surface area (Å²) >= 11 is 0. The van der Waals surface area contributed by atoms with Gasteiger partial charge in [0.05, 0.1) is 20.1 Å². The molecule has 1 atom stereocenters. The first-order chi connectivity index (χ1) is 17.3. The smallest absolute Gasteiger partial charge is 0.305 e. The molecular formula is C27H27N3O6. The Morgan fingerprint density at radius 2 is 1.58 bits per heavy atom. The van der Waals surface area contributed by atoms with Crippen LogP contribution in [-0.2, 0) is 20.8 Å². The Hall–Kier alpha value is -4.66. The van der Waals surface area contributed by atoms with Crippen LogP contribution < -0.4 is 20.7 Å². The van der Waals surface area contributed by atoms with Crippen LogP contribution in [0.1, 0.15) is 27.9 Å². The molecule has 3 amide bonds. The summed E-state index contributed by atoms with van der Waals surface area (Å²) in [5.74, 6) is -2.53. The number of amides is 3. The lowest BCUT2D eigenvalue weighted by atomic mass is 10.0. The summed E-state index contributed by atoms with van der Waals surface area (Å²) in [4.78, 5) is 48.8.